The lowest BCUT2D eigenvalue weighted by molar-refractivity contribution is 0.215. The van der Waals surface area contributed by atoms with Crippen molar-refractivity contribution < 1.29 is 9.53 Å². The van der Waals surface area contributed by atoms with E-state index < -0.39 is 6.09 Å². The Balaban J connectivity index is 0.000000236. The number of rotatable bonds is 2. The van der Waals surface area contributed by atoms with E-state index in [1.165, 1.54) is 0 Å². The standard InChI is InChI=1S/C12H9BrN2O2.C5H5BrN2/c13-9-6-7-14-11(8-9)15-12(16)17-10-4-2-1-3-5-10;6-4-1-2-8-5(7)3-4/h1-8H,(H,14,15,16);1-3H,(H2,7,8). The average Bonchev–Trinajstić information content (AvgIpc) is 2.56. The lowest BCUT2D eigenvalue weighted by Gasteiger charge is -2.05. The molecule has 0 spiro atoms. The zero-order valence-corrected chi connectivity index (χ0v) is 16.1. The highest BCUT2D eigenvalue weighted by molar-refractivity contribution is 9.10. The van der Waals surface area contributed by atoms with Crippen molar-refractivity contribution in [1.29, 1.82) is 0 Å². The molecule has 3 rings (SSSR count). The summed E-state index contributed by atoms with van der Waals surface area (Å²) in [6.45, 7) is 0. The van der Waals surface area contributed by atoms with E-state index in [9.17, 15) is 4.79 Å². The number of anilines is 2. The Morgan fingerprint density at radius 1 is 0.960 bits per heavy atom. The first kappa shape index (κ1) is 18.9. The van der Waals surface area contributed by atoms with Crippen LogP contribution in [-0.4, -0.2) is 16.1 Å². The molecular weight excluding hydrogens is 452 g/mol. The summed E-state index contributed by atoms with van der Waals surface area (Å²) in [5.74, 6) is 1.46. The van der Waals surface area contributed by atoms with Crippen molar-refractivity contribution in [2.24, 2.45) is 0 Å². The van der Waals surface area contributed by atoms with Crippen molar-refractivity contribution in [1.82, 2.24) is 9.97 Å². The van der Waals surface area contributed by atoms with Crippen molar-refractivity contribution in [3.05, 3.63) is 75.9 Å². The van der Waals surface area contributed by atoms with Crippen molar-refractivity contribution in [3.8, 4) is 5.75 Å². The number of para-hydroxylation sites is 1. The summed E-state index contributed by atoms with van der Waals surface area (Å²) in [6, 6.07) is 15.9. The summed E-state index contributed by atoms with van der Waals surface area (Å²) in [5, 5.41) is 2.53. The number of carbonyl (C=O) groups is 1. The summed E-state index contributed by atoms with van der Waals surface area (Å²) in [6.07, 6.45) is 2.67. The fraction of sp³-hybridized carbons (Fsp3) is 0. The van der Waals surface area contributed by atoms with Gasteiger partial charge in [-0.2, -0.15) is 0 Å². The van der Waals surface area contributed by atoms with Gasteiger partial charge < -0.3 is 10.5 Å². The number of carbonyl (C=O) groups excluding carboxylic acids is 1. The van der Waals surface area contributed by atoms with Gasteiger partial charge in [-0.3, -0.25) is 5.32 Å². The Kier molecular flexibility index (Phi) is 7.36. The summed E-state index contributed by atoms with van der Waals surface area (Å²) in [4.78, 5) is 19.3. The molecule has 0 atom stereocenters. The molecule has 8 heteroatoms. The highest BCUT2D eigenvalue weighted by Gasteiger charge is 2.05. The Morgan fingerprint density at radius 3 is 2.16 bits per heavy atom. The highest BCUT2D eigenvalue weighted by Crippen LogP contribution is 2.14. The number of hydrogen-bond donors (Lipinski definition) is 2. The van der Waals surface area contributed by atoms with Gasteiger partial charge in [0.15, 0.2) is 0 Å². The molecule has 0 aliphatic rings. The third-order valence-corrected chi connectivity index (χ3v) is 3.64. The first-order chi connectivity index (χ1) is 12.0. The van der Waals surface area contributed by atoms with Gasteiger partial charge in [-0.1, -0.05) is 50.1 Å². The van der Waals surface area contributed by atoms with Crippen LogP contribution in [0, 0.1) is 0 Å². The number of nitrogen functional groups attached to an aromatic ring is 1. The summed E-state index contributed by atoms with van der Waals surface area (Å²) in [5.41, 5.74) is 5.32. The molecule has 0 unspecified atom stereocenters. The second-order valence-corrected chi connectivity index (χ2v) is 6.42. The van der Waals surface area contributed by atoms with Gasteiger partial charge in [0.1, 0.15) is 17.4 Å². The lowest BCUT2D eigenvalue weighted by atomic mass is 10.3. The maximum absolute atomic E-state index is 11.5. The van der Waals surface area contributed by atoms with Crippen LogP contribution >= 0.6 is 31.9 Å². The smallest absolute Gasteiger partial charge is 0.410 e. The molecule has 0 aliphatic heterocycles. The maximum Gasteiger partial charge on any atom is 0.418 e. The van der Waals surface area contributed by atoms with Gasteiger partial charge >= 0.3 is 6.09 Å². The molecule has 1 amide bonds. The van der Waals surface area contributed by atoms with Crippen LogP contribution in [0.1, 0.15) is 0 Å². The zero-order valence-electron chi connectivity index (χ0n) is 12.9. The third-order valence-electron chi connectivity index (χ3n) is 2.65. The average molecular weight is 466 g/mol. The van der Waals surface area contributed by atoms with Crippen LogP contribution in [0.4, 0.5) is 16.4 Å². The van der Waals surface area contributed by atoms with Gasteiger partial charge in [0, 0.05) is 21.3 Å². The van der Waals surface area contributed by atoms with Crippen LogP contribution in [0.3, 0.4) is 0 Å². The Morgan fingerprint density at radius 2 is 1.60 bits per heavy atom. The molecule has 0 radical (unpaired) electrons. The molecule has 0 fully saturated rings. The number of benzene rings is 1. The molecule has 0 saturated heterocycles. The minimum absolute atomic E-state index is 0.431. The van der Waals surface area contributed by atoms with Crippen LogP contribution in [0.2, 0.25) is 0 Å². The second-order valence-electron chi connectivity index (χ2n) is 4.59. The summed E-state index contributed by atoms with van der Waals surface area (Å²) < 4.78 is 6.85. The number of aromatic nitrogens is 2. The monoisotopic (exact) mass is 464 g/mol. The minimum Gasteiger partial charge on any atom is -0.410 e. The molecule has 1 aromatic carbocycles. The zero-order chi connectivity index (χ0) is 18.1. The number of pyridine rings is 2. The van der Waals surface area contributed by atoms with Gasteiger partial charge in [0.2, 0.25) is 0 Å². The molecule has 3 N–H and O–H groups in total. The molecule has 3 aromatic rings. The van der Waals surface area contributed by atoms with Crippen LogP contribution in [-0.2, 0) is 0 Å². The quantitative estimate of drug-likeness (QED) is 0.562. The third kappa shape index (κ3) is 7.32. The van der Waals surface area contributed by atoms with Crippen molar-refractivity contribution in [2.75, 3.05) is 11.1 Å². The highest BCUT2D eigenvalue weighted by atomic mass is 79.9. The van der Waals surface area contributed by atoms with E-state index in [-0.39, 0.29) is 0 Å². The number of halogens is 2. The molecule has 25 heavy (non-hydrogen) atoms. The first-order valence-electron chi connectivity index (χ1n) is 7.05. The molecule has 128 valence electrons. The minimum atomic E-state index is -0.568. The van der Waals surface area contributed by atoms with E-state index in [0.29, 0.717) is 17.4 Å². The Labute approximate surface area is 161 Å². The number of nitrogens with two attached hydrogens (primary N) is 1. The van der Waals surface area contributed by atoms with Crippen LogP contribution < -0.4 is 15.8 Å². The molecule has 0 saturated carbocycles. The van der Waals surface area contributed by atoms with E-state index in [4.69, 9.17) is 10.5 Å². The van der Waals surface area contributed by atoms with E-state index in [0.717, 1.165) is 8.95 Å². The normalized spacial score (nSPS) is 9.52. The Bertz CT molecular complexity index is 814. The summed E-state index contributed by atoms with van der Waals surface area (Å²) in [7, 11) is 0. The van der Waals surface area contributed by atoms with E-state index in [1.54, 1.807) is 54.9 Å². The first-order valence-corrected chi connectivity index (χ1v) is 8.64. The van der Waals surface area contributed by atoms with E-state index in [2.05, 4.69) is 47.1 Å². The SMILES string of the molecule is Nc1cc(Br)ccn1.O=C(Nc1cc(Br)ccn1)Oc1ccccc1. The van der Waals surface area contributed by atoms with Crippen molar-refractivity contribution >= 4 is 49.6 Å². The maximum atomic E-state index is 11.5. The molecule has 6 nitrogen and oxygen atoms in total. The van der Waals surface area contributed by atoms with E-state index >= 15 is 0 Å². The largest absolute Gasteiger partial charge is 0.418 e. The van der Waals surface area contributed by atoms with Gasteiger partial charge in [-0.25, -0.2) is 14.8 Å². The van der Waals surface area contributed by atoms with Crippen LogP contribution in [0.25, 0.3) is 0 Å². The topological polar surface area (TPSA) is 90.1 Å². The molecule has 2 aromatic heterocycles. The Hall–Kier alpha value is -2.45. The number of nitrogens with one attached hydrogen (secondary N) is 1. The van der Waals surface area contributed by atoms with Gasteiger partial charge in [0.05, 0.1) is 0 Å². The molecular formula is C17H14Br2N4O2. The molecule has 0 bridgehead atoms. The molecule has 2 heterocycles. The second kappa shape index (κ2) is 9.75. The fourth-order valence-electron chi connectivity index (χ4n) is 1.62. The predicted molar refractivity (Wildman–Crippen MR) is 104 cm³/mol. The van der Waals surface area contributed by atoms with Gasteiger partial charge in [-0.05, 0) is 36.4 Å². The van der Waals surface area contributed by atoms with E-state index in [1.807, 2.05) is 12.1 Å². The fourth-order valence-corrected chi connectivity index (χ4v) is 2.31. The number of amides is 1. The number of nitrogens with zero attached hydrogens (tertiary/aromatic N) is 2. The van der Waals surface area contributed by atoms with Gasteiger partial charge in [-0.15, -0.1) is 0 Å². The summed E-state index contributed by atoms with van der Waals surface area (Å²) >= 11 is 6.53. The van der Waals surface area contributed by atoms with Gasteiger partial charge in [0.25, 0.3) is 0 Å². The lowest BCUT2D eigenvalue weighted by Crippen LogP contribution is -2.17. The van der Waals surface area contributed by atoms with Crippen LogP contribution in [0.5, 0.6) is 5.75 Å². The molecule has 0 aliphatic carbocycles. The number of ether oxygens (including phenoxy) is 1. The number of hydrogen-bond acceptors (Lipinski definition) is 5. The van der Waals surface area contributed by atoms with Crippen molar-refractivity contribution in [3.63, 3.8) is 0 Å². The predicted octanol–water partition coefficient (Wildman–Crippen LogP) is 4.88. The van der Waals surface area contributed by atoms with Crippen LogP contribution in [0.15, 0.2) is 75.9 Å². The van der Waals surface area contributed by atoms with Crippen molar-refractivity contribution in [2.45, 2.75) is 0 Å².